The van der Waals surface area contributed by atoms with Crippen LogP contribution in [0.4, 0.5) is 0 Å². The molecule has 3 nitrogen and oxygen atoms in total. The Morgan fingerprint density at radius 3 is 2.88 bits per heavy atom. The van der Waals surface area contributed by atoms with E-state index in [2.05, 4.69) is 22.5 Å². The Hall–Kier alpha value is -1.00. The van der Waals surface area contributed by atoms with E-state index in [1.807, 2.05) is 6.92 Å². The smallest absolute Gasteiger partial charge is 0.172 e. The van der Waals surface area contributed by atoms with Gasteiger partial charge in [-0.15, -0.1) is 6.58 Å². The van der Waals surface area contributed by atoms with Gasteiger partial charge in [0.25, 0.3) is 0 Å². The fraction of sp³-hybridized carbons (Fsp3) is 0.333. The van der Waals surface area contributed by atoms with Crippen molar-refractivity contribution in [2.45, 2.75) is 19.4 Å². The summed E-state index contributed by atoms with van der Waals surface area (Å²) in [6.45, 7) is 6.02. The van der Waals surface area contributed by atoms with E-state index < -0.39 is 0 Å². The van der Waals surface area contributed by atoms with Crippen molar-refractivity contribution in [1.82, 2.24) is 0 Å². The van der Waals surface area contributed by atoms with Gasteiger partial charge in [0.2, 0.25) is 0 Å². The lowest BCUT2D eigenvalue weighted by Crippen LogP contribution is -2.09. The average molecular weight is 286 g/mol. The van der Waals surface area contributed by atoms with E-state index in [0.29, 0.717) is 23.2 Å². The summed E-state index contributed by atoms with van der Waals surface area (Å²) in [5.41, 5.74) is 6.87. The van der Waals surface area contributed by atoms with Gasteiger partial charge in [-0.2, -0.15) is 0 Å². The Morgan fingerprint density at radius 1 is 1.62 bits per heavy atom. The van der Waals surface area contributed by atoms with Crippen molar-refractivity contribution in [2.75, 3.05) is 6.61 Å². The highest BCUT2D eigenvalue weighted by Crippen LogP contribution is 2.37. The van der Waals surface area contributed by atoms with Crippen molar-refractivity contribution in [3.05, 3.63) is 34.8 Å². The van der Waals surface area contributed by atoms with Gasteiger partial charge >= 0.3 is 0 Å². The first-order chi connectivity index (χ1) is 7.60. The molecule has 0 radical (unpaired) electrons. The van der Waals surface area contributed by atoms with E-state index in [1.165, 1.54) is 0 Å². The van der Waals surface area contributed by atoms with E-state index in [0.717, 1.165) is 5.56 Å². The quantitative estimate of drug-likeness (QED) is 0.818. The lowest BCUT2D eigenvalue weighted by Gasteiger charge is -2.14. The van der Waals surface area contributed by atoms with Crippen LogP contribution in [0, 0.1) is 0 Å². The summed E-state index contributed by atoms with van der Waals surface area (Å²) in [6.07, 6.45) is 2.45. The molecule has 1 aromatic rings. The van der Waals surface area contributed by atoms with Gasteiger partial charge in [-0.1, -0.05) is 6.08 Å². The number of halogens is 1. The molecular weight excluding hydrogens is 270 g/mol. The second-order valence-corrected chi connectivity index (χ2v) is 4.27. The summed E-state index contributed by atoms with van der Waals surface area (Å²) in [4.78, 5) is 0. The SMILES string of the molecule is C=CC[C@H](N)c1cc(Br)c(O)c(OCC)c1. The van der Waals surface area contributed by atoms with Gasteiger partial charge in [0.1, 0.15) is 0 Å². The van der Waals surface area contributed by atoms with Crippen LogP contribution in [0.2, 0.25) is 0 Å². The Balaban J connectivity index is 3.07. The van der Waals surface area contributed by atoms with Crippen LogP contribution in [0.25, 0.3) is 0 Å². The van der Waals surface area contributed by atoms with E-state index in [1.54, 1.807) is 18.2 Å². The van der Waals surface area contributed by atoms with E-state index in [4.69, 9.17) is 10.5 Å². The van der Waals surface area contributed by atoms with Crippen molar-refractivity contribution in [3.63, 3.8) is 0 Å². The highest BCUT2D eigenvalue weighted by molar-refractivity contribution is 9.10. The van der Waals surface area contributed by atoms with Gasteiger partial charge in [0.05, 0.1) is 11.1 Å². The number of hydrogen-bond donors (Lipinski definition) is 2. The number of aromatic hydroxyl groups is 1. The first-order valence-electron chi connectivity index (χ1n) is 5.11. The molecule has 0 heterocycles. The van der Waals surface area contributed by atoms with E-state index in [9.17, 15) is 5.11 Å². The van der Waals surface area contributed by atoms with Gasteiger partial charge in [-0.25, -0.2) is 0 Å². The molecule has 4 heteroatoms. The Labute approximate surface area is 104 Å². The molecule has 0 aliphatic heterocycles. The Kier molecular flexibility index (Phi) is 4.83. The largest absolute Gasteiger partial charge is 0.503 e. The van der Waals surface area contributed by atoms with Gasteiger partial charge in [0, 0.05) is 6.04 Å². The topological polar surface area (TPSA) is 55.5 Å². The molecule has 0 aromatic heterocycles. The molecular formula is C12H16BrNO2. The zero-order chi connectivity index (χ0) is 12.1. The predicted octanol–water partition coefficient (Wildman–Crippen LogP) is 3.13. The standard InChI is InChI=1S/C12H16BrNO2/c1-3-5-10(14)8-6-9(13)12(15)11(7-8)16-4-2/h3,6-7,10,15H,1,4-5,14H2,2H3/t10-/m0/s1. The molecule has 1 aromatic carbocycles. The molecule has 0 spiro atoms. The van der Waals surface area contributed by atoms with Crippen molar-refractivity contribution >= 4 is 15.9 Å². The highest BCUT2D eigenvalue weighted by atomic mass is 79.9. The maximum Gasteiger partial charge on any atom is 0.172 e. The predicted molar refractivity (Wildman–Crippen MR) is 68.7 cm³/mol. The molecule has 16 heavy (non-hydrogen) atoms. The van der Waals surface area contributed by atoms with Crippen LogP contribution in [0.1, 0.15) is 24.9 Å². The fourth-order valence-corrected chi connectivity index (χ4v) is 1.85. The molecule has 0 unspecified atom stereocenters. The third-order valence-corrected chi connectivity index (χ3v) is 2.80. The maximum atomic E-state index is 9.73. The summed E-state index contributed by atoms with van der Waals surface area (Å²) >= 11 is 3.27. The Morgan fingerprint density at radius 2 is 2.31 bits per heavy atom. The van der Waals surface area contributed by atoms with Crippen LogP contribution in [0.3, 0.4) is 0 Å². The molecule has 0 aliphatic rings. The molecule has 0 amide bonds. The highest BCUT2D eigenvalue weighted by Gasteiger charge is 2.12. The molecule has 1 atom stereocenters. The van der Waals surface area contributed by atoms with Crippen LogP contribution in [-0.4, -0.2) is 11.7 Å². The van der Waals surface area contributed by atoms with E-state index >= 15 is 0 Å². The van der Waals surface area contributed by atoms with Gasteiger partial charge in [0.15, 0.2) is 11.5 Å². The maximum absolute atomic E-state index is 9.73. The molecule has 0 aliphatic carbocycles. The first kappa shape index (κ1) is 13.1. The average Bonchev–Trinajstić information content (AvgIpc) is 2.25. The van der Waals surface area contributed by atoms with Crippen LogP contribution < -0.4 is 10.5 Å². The zero-order valence-electron chi connectivity index (χ0n) is 9.24. The minimum Gasteiger partial charge on any atom is -0.503 e. The molecule has 1 rings (SSSR count). The summed E-state index contributed by atoms with van der Waals surface area (Å²) in [5, 5.41) is 9.73. The first-order valence-corrected chi connectivity index (χ1v) is 5.91. The number of rotatable bonds is 5. The van der Waals surface area contributed by atoms with Gasteiger partial charge in [-0.3, -0.25) is 0 Å². The number of benzene rings is 1. The van der Waals surface area contributed by atoms with Gasteiger partial charge < -0.3 is 15.6 Å². The van der Waals surface area contributed by atoms with Crippen molar-refractivity contribution in [1.29, 1.82) is 0 Å². The monoisotopic (exact) mass is 285 g/mol. The lowest BCUT2D eigenvalue weighted by atomic mass is 10.0. The number of phenols is 1. The molecule has 0 fully saturated rings. The molecule has 3 N–H and O–H groups in total. The normalized spacial score (nSPS) is 12.2. The minimum absolute atomic E-state index is 0.108. The molecule has 0 saturated heterocycles. The summed E-state index contributed by atoms with van der Waals surface area (Å²) < 4.78 is 5.92. The summed E-state index contributed by atoms with van der Waals surface area (Å²) in [5.74, 6) is 0.558. The lowest BCUT2D eigenvalue weighted by molar-refractivity contribution is 0.316. The molecule has 0 saturated carbocycles. The Bertz CT molecular complexity index is 380. The summed E-state index contributed by atoms with van der Waals surface area (Å²) in [7, 11) is 0. The number of nitrogens with two attached hydrogens (primary N) is 1. The second kappa shape index (κ2) is 5.92. The molecule has 88 valence electrons. The minimum atomic E-state index is -0.131. The second-order valence-electron chi connectivity index (χ2n) is 3.41. The zero-order valence-corrected chi connectivity index (χ0v) is 10.8. The van der Waals surface area contributed by atoms with Crippen LogP contribution in [-0.2, 0) is 0 Å². The van der Waals surface area contributed by atoms with Crippen LogP contribution >= 0.6 is 15.9 Å². The van der Waals surface area contributed by atoms with Crippen LogP contribution in [0.5, 0.6) is 11.5 Å². The van der Waals surface area contributed by atoms with Crippen LogP contribution in [0.15, 0.2) is 29.3 Å². The third kappa shape index (κ3) is 3.00. The third-order valence-electron chi connectivity index (χ3n) is 2.20. The number of hydrogen-bond acceptors (Lipinski definition) is 3. The van der Waals surface area contributed by atoms with Crippen molar-refractivity contribution in [3.8, 4) is 11.5 Å². The summed E-state index contributed by atoms with van der Waals surface area (Å²) in [6, 6.07) is 3.43. The number of ether oxygens (including phenoxy) is 1. The van der Waals surface area contributed by atoms with Gasteiger partial charge in [-0.05, 0) is 47.0 Å². The molecule has 0 bridgehead atoms. The van der Waals surface area contributed by atoms with Crippen molar-refractivity contribution < 1.29 is 9.84 Å². The number of phenolic OH excluding ortho intramolecular Hbond substituents is 1. The fourth-order valence-electron chi connectivity index (χ4n) is 1.39. The van der Waals surface area contributed by atoms with E-state index in [-0.39, 0.29) is 11.8 Å². The van der Waals surface area contributed by atoms with Crippen molar-refractivity contribution in [2.24, 2.45) is 5.73 Å².